The number of phenols is 4. The lowest BCUT2D eigenvalue weighted by Crippen LogP contribution is -2.05. The molecule has 4 aromatic carbocycles. The molecule has 0 unspecified atom stereocenters. The summed E-state index contributed by atoms with van der Waals surface area (Å²) < 4.78 is 22.6. The van der Waals surface area contributed by atoms with Crippen molar-refractivity contribution in [2.24, 2.45) is 0 Å². The van der Waals surface area contributed by atoms with Crippen LogP contribution >= 0.6 is 0 Å². The molecule has 0 saturated carbocycles. The van der Waals surface area contributed by atoms with Gasteiger partial charge in [0.25, 0.3) is 0 Å². The molecule has 0 saturated heterocycles. The molecule has 10 heteroatoms. The molecule has 216 valence electrons. The standard InChI is InChI=1S/C33H24O10/c34-20-14-24(36)30-26(16-20)42-28(32(30)38)12-18-2-6-22(7-3-18)40-10-1-11-41-23-8-4-19(5-9-23)13-29-33(39)31-25(37)15-21(35)17-27(31)43-29/h2-9,12-17,34-37H,1,10-11H2/b28-12-,29-13-. The van der Waals surface area contributed by atoms with Crippen molar-refractivity contribution in [3.05, 3.63) is 107 Å². The summed E-state index contributed by atoms with van der Waals surface area (Å²) >= 11 is 0. The first-order chi connectivity index (χ1) is 20.7. The molecular formula is C33H24O10. The monoisotopic (exact) mass is 580 g/mol. The van der Waals surface area contributed by atoms with E-state index in [2.05, 4.69) is 0 Å². The normalized spacial score (nSPS) is 15.3. The van der Waals surface area contributed by atoms with Crippen LogP contribution in [0.15, 0.2) is 84.3 Å². The second kappa shape index (κ2) is 11.2. The first-order valence-corrected chi connectivity index (χ1v) is 13.2. The molecule has 2 heterocycles. The highest BCUT2D eigenvalue weighted by Crippen LogP contribution is 2.41. The highest BCUT2D eigenvalue weighted by molar-refractivity contribution is 6.17. The Morgan fingerprint density at radius 1 is 0.581 bits per heavy atom. The molecule has 0 aliphatic carbocycles. The average molecular weight is 581 g/mol. The molecule has 0 radical (unpaired) electrons. The van der Waals surface area contributed by atoms with Gasteiger partial charge in [-0.25, -0.2) is 0 Å². The number of benzene rings is 4. The molecule has 2 aliphatic heterocycles. The van der Waals surface area contributed by atoms with Gasteiger partial charge in [0.15, 0.2) is 11.5 Å². The van der Waals surface area contributed by atoms with Gasteiger partial charge in [-0.05, 0) is 47.5 Å². The maximum Gasteiger partial charge on any atom is 0.235 e. The van der Waals surface area contributed by atoms with E-state index in [1.165, 1.54) is 12.1 Å². The van der Waals surface area contributed by atoms with Gasteiger partial charge in [0.2, 0.25) is 11.6 Å². The minimum atomic E-state index is -0.466. The second-order valence-corrected chi connectivity index (χ2v) is 9.74. The minimum Gasteiger partial charge on any atom is -0.508 e. The Labute approximate surface area is 244 Å². The molecular weight excluding hydrogens is 556 g/mol. The maximum absolute atomic E-state index is 12.6. The Morgan fingerprint density at radius 2 is 0.977 bits per heavy atom. The summed E-state index contributed by atoms with van der Waals surface area (Å²) in [6.07, 6.45) is 3.71. The van der Waals surface area contributed by atoms with E-state index in [1.54, 1.807) is 60.7 Å². The fourth-order valence-electron chi connectivity index (χ4n) is 4.62. The van der Waals surface area contributed by atoms with Gasteiger partial charge in [0, 0.05) is 30.7 Å². The highest BCUT2D eigenvalue weighted by Gasteiger charge is 2.32. The molecule has 0 amide bonds. The van der Waals surface area contributed by atoms with Crippen LogP contribution in [0, 0.1) is 0 Å². The van der Waals surface area contributed by atoms with Crippen molar-refractivity contribution in [1.82, 2.24) is 0 Å². The van der Waals surface area contributed by atoms with Gasteiger partial charge in [-0.2, -0.15) is 0 Å². The van der Waals surface area contributed by atoms with E-state index in [4.69, 9.17) is 18.9 Å². The smallest absolute Gasteiger partial charge is 0.235 e. The molecule has 0 fully saturated rings. The summed E-state index contributed by atoms with van der Waals surface area (Å²) in [7, 11) is 0. The largest absolute Gasteiger partial charge is 0.508 e. The van der Waals surface area contributed by atoms with E-state index in [-0.39, 0.29) is 57.1 Å². The zero-order chi connectivity index (χ0) is 30.1. The first kappa shape index (κ1) is 27.3. The first-order valence-electron chi connectivity index (χ1n) is 13.2. The van der Waals surface area contributed by atoms with E-state index in [1.807, 2.05) is 0 Å². The van der Waals surface area contributed by atoms with E-state index in [9.17, 15) is 30.0 Å². The number of rotatable bonds is 8. The van der Waals surface area contributed by atoms with Crippen molar-refractivity contribution < 1.29 is 49.0 Å². The van der Waals surface area contributed by atoms with Gasteiger partial charge in [0.05, 0.1) is 13.2 Å². The average Bonchev–Trinajstić information content (AvgIpc) is 3.45. The fraction of sp³-hybridized carbons (Fsp3) is 0.0909. The van der Waals surface area contributed by atoms with Gasteiger partial charge >= 0.3 is 0 Å². The van der Waals surface area contributed by atoms with Crippen LogP contribution in [0.1, 0.15) is 38.3 Å². The summed E-state index contributed by atoms with van der Waals surface area (Å²) in [4.78, 5) is 25.1. The predicted octanol–water partition coefficient (Wildman–Crippen LogP) is 5.59. The third-order valence-corrected chi connectivity index (χ3v) is 6.66. The number of phenolic OH excluding ortho intramolecular Hbond substituents is 4. The van der Waals surface area contributed by atoms with Crippen molar-refractivity contribution in [3.63, 3.8) is 0 Å². The Morgan fingerprint density at radius 3 is 1.37 bits per heavy atom. The van der Waals surface area contributed by atoms with E-state index < -0.39 is 11.6 Å². The number of carbonyl (C=O) groups excluding carboxylic acids is 2. The minimum absolute atomic E-state index is 0.0189. The molecule has 4 N–H and O–H groups in total. The van der Waals surface area contributed by atoms with Crippen LogP contribution < -0.4 is 18.9 Å². The molecule has 0 atom stereocenters. The number of carbonyl (C=O) groups is 2. The second-order valence-electron chi connectivity index (χ2n) is 9.74. The van der Waals surface area contributed by atoms with Crippen molar-refractivity contribution in [2.75, 3.05) is 13.2 Å². The lowest BCUT2D eigenvalue weighted by atomic mass is 10.1. The number of ketones is 2. The van der Waals surface area contributed by atoms with Gasteiger partial charge in [-0.1, -0.05) is 24.3 Å². The van der Waals surface area contributed by atoms with E-state index in [0.717, 1.165) is 12.1 Å². The topological polar surface area (TPSA) is 152 Å². The number of aromatic hydroxyl groups is 4. The van der Waals surface area contributed by atoms with Gasteiger partial charge in [-0.15, -0.1) is 0 Å². The summed E-state index contributed by atoms with van der Waals surface area (Å²) in [5.41, 5.74) is 1.43. The number of ether oxygens (including phenoxy) is 4. The lowest BCUT2D eigenvalue weighted by Gasteiger charge is -2.09. The van der Waals surface area contributed by atoms with E-state index >= 15 is 0 Å². The molecule has 0 bridgehead atoms. The molecule has 0 aromatic heterocycles. The summed E-state index contributed by atoms with van der Waals surface area (Å²) in [6.45, 7) is 0.819. The summed E-state index contributed by atoms with van der Waals surface area (Å²) in [5, 5.41) is 39.1. The molecule has 6 rings (SSSR count). The number of Topliss-reactive ketones (excluding diaryl/α,β-unsaturated/α-hetero) is 2. The summed E-state index contributed by atoms with van der Waals surface area (Å²) in [5.74, 6) is -0.436. The molecule has 43 heavy (non-hydrogen) atoms. The quantitative estimate of drug-likeness (QED) is 0.153. The fourth-order valence-corrected chi connectivity index (χ4v) is 4.62. The number of hydrogen-bond donors (Lipinski definition) is 4. The third-order valence-electron chi connectivity index (χ3n) is 6.66. The molecule has 4 aromatic rings. The summed E-state index contributed by atoms with van der Waals surface area (Å²) in [6, 6.07) is 18.8. The van der Waals surface area contributed by atoms with Gasteiger partial charge < -0.3 is 39.4 Å². The zero-order valence-corrected chi connectivity index (χ0v) is 22.4. The Bertz CT molecular complexity index is 1670. The SMILES string of the molecule is O=C1/C(=C/c2ccc(OCCCOc3ccc(/C=C4\Oc5cc(O)cc(O)c5C4=O)cc3)cc2)Oc2cc(O)cc(O)c21. The van der Waals surface area contributed by atoms with Crippen LogP contribution in [0.25, 0.3) is 12.2 Å². The van der Waals surface area contributed by atoms with Crippen molar-refractivity contribution in [2.45, 2.75) is 6.42 Å². The number of hydrogen-bond acceptors (Lipinski definition) is 10. The lowest BCUT2D eigenvalue weighted by molar-refractivity contribution is 0.100. The van der Waals surface area contributed by atoms with Crippen LogP contribution in [0.5, 0.6) is 46.0 Å². The predicted molar refractivity (Wildman–Crippen MR) is 154 cm³/mol. The van der Waals surface area contributed by atoms with E-state index in [0.29, 0.717) is 42.3 Å². The van der Waals surface area contributed by atoms with Crippen LogP contribution in [0.2, 0.25) is 0 Å². The molecule has 2 aliphatic rings. The van der Waals surface area contributed by atoms with Crippen LogP contribution in [-0.4, -0.2) is 45.2 Å². The van der Waals surface area contributed by atoms with Crippen molar-refractivity contribution in [3.8, 4) is 46.0 Å². The van der Waals surface area contributed by atoms with Crippen molar-refractivity contribution >= 4 is 23.7 Å². The Balaban J connectivity index is 0.962. The third kappa shape index (κ3) is 5.66. The van der Waals surface area contributed by atoms with Crippen LogP contribution in [0.4, 0.5) is 0 Å². The van der Waals surface area contributed by atoms with Gasteiger partial charge in [0.1, 0.15) is 57.1 Å². The number of allylic oxidation sites excluding steroid dienone is 2. The maximum atomic E-state index is 12.6. The van der Waals surface area contributed by atoms with Crippen LogP contribution in [0.3, 0.4) is 0 Å². The Kier molecular flexibility index (Phi) is 7.09. The Hall–Kier alpha value is -5.90. The highest BCUT2D eigenvalue weighted by atomic mass is 16.5. The number of fused-ring (bicyclic) bond motifs is 2. The zero-order valence-electron chi connectivity index (χ0n) is 22.4. The van der Waals surface area contributed by atoms with Gasteiger partial charge in [-0.3, -0.25) is 9.59 Å². The molecule has 10 nitrogen and oxygen atoms in total. The molecule has 0 spiro atoms. The van der Waals surface area contributed by atoms with Crippen LogP contribution in [-0.2, 0) is 0 Å². The van der Waals surface area contributed by atoms with Crippen molar-refractivity contribution in [1.29, 1.82) is 0 Å².